The Balaban J connectivity index is 0.930. The van der Waals surface area contributed by atoms with Crippen LogP contribution in [0, 0.1) is 13.8 Å². The number of benzene rings is 8. The van der Waals surface area contributed by atoms with Crippen molar-refractivity contribution in [2.24, 2.45) is 0 Å². The minimum atomic E-state index is 0.917. The van der Waals surface area contributed by atoms with Gasteiger partial charge < -0.3 is 4.57 Å². The van der Waals surface area contributed by atoms with Crippen LogP contribution in [0.1, 0.15) is 38.9 Å². The minimum Gasteiger partial charge on any atom is -0.309 e. The molecule has 0 atom stereocenters. The molecule has 0 bridgehead atoms. The van der Waals surface area contributed by atoms with Gasteiger partial charge in [0.05, 0.1) is 11.0 Å². The van der Waals surface area contributed by atoms with Crippen LogP contribution >= 0.6 is 0 Å². The Morgan fingerprint density at radius 3 is 1.68 bits per heavy atom. The maximum atomic E-state index is 2.40. The summed E-state index contributed by atoms with van der Waals surface area (Å²) in [6, 6.07) is 66.6. The van der Waals surface area contributed by atoms with Gasteiger partial charge in [-0.25, -0.2) is 0 Å². The number of fused-ring (bicyclic) bond motifs is 6. The van der Waals surface area contributed by atoms with Gasteiger partial charge in [0, 0.05) is 16.5 Å². The first-order chi connectivity index (χ1) is 27.6. The third-order valence-corrected chi connectivity index (χ3v) is 11.5. The molecule has 1 aliphatic rings. The average Bonchev–Trinajstić information content (AvgIpc) is 3.57. The molecule has 1 heteroatoms. The van der Waals surface area contributed by atoms with Crippen molar-refractivity contribution in [2.75, 3.05) is 0 Å². The normalized spacial score (nSPS) is 13.1. The molecule has 9 aromatic rings. The van der Waals surface area contributed by atoms with E-state index in [1.807, 2.05) is 0 Å². The van der Waals surface area contributed by atoms with Gasteiger partial charge in [0.25, 0.3) is 0 Å². The number of hydrogen-bond acceptors (Lipinski definition) is 0. The quantitative estimate of drug-likeness (QED) is 0.151. The molecule has 56 heavy (non-hydrogen) atoms. The predicted octanol–water partition coefficient (Wildman–Crippen LogP) is 14.7. The molecule has 0 amide bonds. The number of hydrogen-bond donors (Lipinski definition) is 0. The maximum absolute atomic E-state index is 2.40. The summed E-state index contributed by atoms with van der Waals surface area (Å²) in [5.41, 5.74) is 21.5. The van der Waals surface area contributed by atoms with Crippen LogP contribution in [0.4, 0.5) is 0 Å². The number of aromatic nitrogens is 1. The van der Waals surface area contributed by atoms with Crippen LogP contribution in [0.3, 0.4) is 0 Å². The first-order valence-electron chi connectivity index (χ1n) is 19.5. The number of para-hydroxylation sites is 1. The van der Waals surface area contributed by atoms with Crippen molar-refractivity contribution in [3.8, 4) is 39.1 Å². The second kappa shape index (κ2) is 14.0. The van der Waals surface area contributed by atoms with E-state index in [2.05, 4.69) is 219 Å². The Kier molecular flexibility index (Phi) is 8.42. The van der Waals surface area contributed by atoms with E-state index < -0.39 is 0 Å². The highest BCUT2D eigenvalue weighted by molar-refractivity contribution is 6.10. The van der Waals surface area contributed by atoms with Gasteiger partial charge >= 0.3 is 0 Å². The summed E-state index contributed by atoms with van der Waals surface area (Å²) in [7, 11) is 0. The molecular weight excluding hydrogens is 675 g/mol. The van der Waals surface area contributed by atoms with Crippen LogP contribution in [0.25, 0.3) is 84.7 Å². The molecule has 1 nitrogen and oxygen atoms in total. The molecule has 0 N–H and O–H groups in total. The first kappa shape index (κ1) is 33.6. The van der Waals surface area contributed by atoms with Crippen molar-refractivity contribution >= 4 is 45.6 Å². The number of aryl methyl sites for hydroxylation is 2. The van der Waals surface area contributed by atoms with Crippen LogP contribution in [0.5, 0.6) is 0 Å². The van der Waals surface area contributed by atoms with E-state index in [0.717, 1.165) is 12.1 Å². The molecule has 8 aromatic carbocycles. The lowest BCUT2D eigenvalue weighted by Gasteiger charge is -2.24. The fraction of sp³-hybridized carbons (Fsp3) is 0.0545. The van der Waals surface area contributed by atoms with Crippen LogP contribution in [0.15, 0.2) is 182 Å². The standard InChI is InChI=1S/C55H41N/c1-37-11-3-6-14-47(37)43-27-31-50-49-16-8-5-13-42(49)34-45(53(50)35-43)33-41-23-21-39(22-24-41)19-20-40-25-29-46(30-26-40)56-54-18-10-9-17-51(54)52-32-28-44(36-55(52)56)48-15-7-4-12-38(48)2/h3-33,35-36H,34H2,1-2H3/b20-19+,45-33?. The van der Waals surface area contributed by atoms with E-state index in [4.69, 9.17) is 0 Å². The largest absolute Gasteiger partial charge is 0.309 e. The maximum Gasteiger partial charge on any atom is 0.0547 e. The van der Waals surface area contributed by atoms with E-state index in [1.165, 1.54) is 99.7 Å². The van der Waals surface area contributed by atoms with Gasteiger partial charge in [0.2, 0.25) is 0 Å². The summed E-state index contributed by atoms with van der Waals surface area (Å²) in [6.07, 6.45) is 7.71. The third-order valence-electron chi connectivity index (χ3n) is 11.5. The lowest BCUT2D eigenvalue weighted by Crippen LogP contribution is -2.03. The average molecular weight is 716 g/mol. The predicted molar refractivity (Wildman–Crippen MR) is 240 cm³/mol. The van der Waals surface area contributed by atoms with Gasteiger partial charge in [-0.15, -0.1) is 0 Å². The van der Waals surface area contributed by atoms with Crippen LogP contribution in [-0.4, -0.2) is 4.57 Å². The molecule has 0 aliphatic heterocycles. The van der Waals surface area contributed by atoms with Crippen molar-refractivity contribution in [1.29, 1.82) is 0 Å². The van der Waals surface area contributed by atoms with Crippen LogP contribution in [0.2, 0.25) is 0 Å². The molecule has 0 saturated heterocycles. The highest BCUT2D eigenvalue weighted by atomic mass is 15.0. The Labute approximate surface area is 329 Å². The van der Waals surface area contributed by atoms with Gasteiger partial charge in [-0.3, -0.25) is 0 Å². The molecule has 1 aliphatic carbocycles. The molecule has 10 rings (SSSR count). The Morgan fingerprint density at radius 1 is 0.411 bits per heavy atom. The summed E-state index contributed by atoms with van der Waals surface area (Å²) in [5, 5.41) is 2.54. The Bertz CT molecular complexity index is 2990. The Morgan fingerprint density at radius 2 is 0.964 bits per heavy atom. The third kappa shape index (κ3) is 6.08. The van der Waals surface area contributed by atoms with E-state index >= 15 is 0 Å². The topological polar surface area (TPSA) is 4.93 Å². The van der Waals surface area contributed by atoms with E-state index in [1.54, 1.807) is 0 Å². The van der Waals surface area contributed by atoms with Gasteiger partial charge in [0.1, 0.15) is 0 Å². The zero-order valence-corrected chi connectivity index (χ0v) is 31.7. The Hall–Kier alpha value is -6.96. The molecule has 1 heterocycles. The van der Waals surface area contributed by atoms with Crippen molar-refractivity contribution in [1.82, 2.24) is 4.57 Å². The van der Waals surface area contributed by atoms with Crippen LogP contribution < -0.4 is 0 Å². The molecule has 0 spiro atoms. The zero-order valence-electron chi connectivity index (χ0n) is 31.7. The van der Waals surface area contributed by atoms with Gasteiger partial charge in [-0.05, 0) is 128 Å². The molecule has 0 fully saturated rings. The lowest BCUT2D eigenvalue weighted by molar-refractivity contribution is 1.18. The SMILES string of the molecule is Cc1ccccc1-c1ccc2c(c1)C(=Cc1ccc(/C=C/c3ccc(-n4c5ccccc5c5ccc(-c6ccccc6C)cc54)cc3)cc1)Cc1ccccc1-2. The van der Waals surface area contributed by atoms with Gasteiger partial charge in [0.15, 0.2) is 0 Å². The summed E-state index contributed by atoms with van der Waals surface area (Å²) >= 11 is 0. The second-order valence-electron chi connectivity index (χ2n) is 15.1. The first-order valence-corrected chi connectivity index (χ1v) is 19.5. The van der Waals surface area contributed by atoms with E-state index in [9.17, 15) is 0 Å². The fourth-order valence-corrected chi connectivity index (χ4v) is 8.62. The molecule has 0 saturated carbocycles. The van der Waals surface area contributed by atoms with Crippen molar-refractivity contribution in [3.63, 3.8) is 0 Å². The van der Waals surface area contributed by atoms with Gasteiger partial charge in [-0.1, -0.05) is 170 Å². The summed E-state index contributed by atoms with van der Waals surface area (Å²) in [6.45, 7) is 4.38. The van der Waals surface area contributed by atoms with E-state index in [-0.39, 0.29) is 0 Å². The van der Waals surface area contributed by atoms with Crippen LogP contribution in [-0.2, 0) is 6.42 Å². The summed E-state index contributed by atoms with van der Waals surface area (Å²) < 4.78 is 2.40. The minimum absolute atomic E-state index is 0.917. The number of rotatable bonds is 6. The van der Waals surface area contributed by atoms with Crippen molar-refractivity contribution < 1.29 is 0 Å². The second-order valence-corrected chi connectivity index (χ2v) is 15.1. The summed E-state index contributed by atoms with van der Waals surface area (Å²) in [5.74, 6) is 0. The molecule has 0 radical (unpaired) electrons. The molecule has 1 aromatic heterocycles. The zero-order chi connectivity index (χ0) is 37.6. The summed E-state index contributed by atoms with van der Waals surface area (Å²) in [4.78, 5) is 0. The smallest absolute Gasteiger partial charge is 0.0547 e. The van der Waals surface area contributed by atoms with Gasteiger partial charge in [-0.2, -0.15) is 0 Å². The number of nitrogens with zero attached hydrogens (tertiary/aromatic N) is 1. The monoisotopic (exact) mass is 715 g/mol. The molecule has 266 valence electrons. The highest BCUT2D eigenvalue weighted by Gasteiger charge is 2.21. The molecular formula is C55H41N. The number of allylic oxidation sites excluding steroid dienone is 1. The molecule has 0 unspecified atom stereocenters. The van der Waals surface area contributed by atoms with Crippen molar-refractivity contribution in [2.45, 2.75) is 20.3 Å². The van der Waals surface area contributed by atoms with Crippen molar-refractivity contribution in [3.05, 3.63) is 221 Å². The lowest BCUT2D eigenvalue weighted by atomic mass is 9.80. The highest BCUT2D eigenvalue weighted by Crippen LogP contribution is 2.42. The fourth-order valence-electron chi connectivity index (χ4n) is 8.62. The van der Waals surface area contributed by atoms with E-state index in [0.29, 0.717) is 0 Å².